The summed E-state index contributed by atoms with van der Waals surface area (Å²) >= 11 is 6.13. The molecule has 0 aliphatic rings. The van der Waals surface area contributed by atoms with Gasteiger partial charge < -0.3 is 4.74 Å². The number of aryl methyl sites for hydroxylation is 1. The van der Waals surface area contributed by atoms with Gasteiger partial charge in [-0.15, -0.1) is 5.10 Å². The lowest BCUT2D eigenvalue weighted by Gasteiger charge is -2.15. The van der Waals surface area contributed by atoms with E-state index < -0.39 is 12.1 Å². The fourth-order valence-corrected chi connectivity index (χ4v) is 2.72. The van der Waals surface area contributed by atoms with Gasteiger partial charge in [0, 0.05) is 17.1 Å². The Bertz CT molecular complexity index is 860. The fraction of sp³-hybridized carbons (Fsp3) is 0.235. The first-order valence-electron chi connectivity index (χ1n) is 7.38. The van der Waals surface area contributed by atoms with E-state index in [0.29, 0.717) is 16.1 Å². The number of ether oxygens (including phenoxy) is 1. The molecule has 3 aromatic rings. The molecule has 3 rings (SSSR count). The zero-order valence-corrected chi connectivity index (χ0v) is 13.6. The summed E-state index contributed by atoms with van der Waals surface area (Å²) in [5, 5.41) is 8.68. The number of hydrogen-bond donors (Lipinski definition) is 0. The van der Waals surface area contributed by atoms with Crippen LogP contribution in [0.2, 0.25) is 5.02 Å². The maximum Gasteiger partial charge on any atom is 0.338 e. The van der Waals surface area contributed by atoms with Crippen molar-refractivity contribution >= 4 is 28.6 Å². The van der Waals surface area contributed by atoms with Crippen LogP contribution in [0.25, 0.3) is 11.0 Å². The van der Waals surface area contributed by atoms with Crippen molar-refractivity contribution < 1.29 is 9.53 Å². The molecule has 0 saturated heterocycles. The largest absolute Gasteiger partial charge is 0.454 e. The van der Waals surface area contributed by atoms with Gasteiger partial charge >= 0.3 is 5.97 Å². The Balaban J connectivity index is 1.82. The molecule has 0 aliphatic carbocycles. The number of nitrogens with zero attached hydrogens (tertiary/aromatic N) is 3. The van der Waals surface area contributed by atoms with E-state index in [-0.39, 0.29) is 0 Å². The lowest BCUT2D eigenvalue weighted by molar-refractivity contribution is 0.0338. The number of fused-ring (bicyclic) bond motifs is 1. The standard InChI is InChI=1S/C17H16ClN3O2/c1-3-21-16-9-8-12(10-15(16)19-20-21)17(22)23-11(2)13-6-4-5-7-14(13)18/h4-11H,3H2,1-2H3. The molecule has 5 nitrogen and oxygen atoms in total. The van der Waals surface area contributed by atoms with Crippen LogP contribution in [-0.4, -0.2) is 21.0 Å². The highest BCUT2D eigenvalue weighted by atomic mass is 35.5. The molecule has 0 N–H and O–H groups in total. The van der Waals surface area contributed by atoms with Crippen molar-refractivity contribution in [1.82, 2.24) is 15.0 Å². The summed E-state index contributed by atoms with van der Waals surface area (Å²) in [4.78, 5) is 12.3. The first-order chi connectivity index (χ1) is 11.1. The minimum absolute atomic E-state index is 0.412. The number of halogens is 1. The molecule has 1 aromatic heterocycles. The first kappa shape index (κ1) is 15.5. The van der Waals surface area contributed by atoms with Gasteiger partial charge in [0.1, 0.15) is 11.6 Å². The maximum atomic E-state index is 12.3. The zero-order chi connectivity index (χ0) is 16.4. The van der Waals surface area contributed by atoms with E-state index in [2.05, 4.69) is 10.3 Å². The molecule has 1 atom stereocenters. The van der Waals surface area contributed by atoms with Crippen molar-refractivity contribution in [2.45, 2.75) is 26.5 Å². The highest BCUT2D eigenvalue weighted by molar-refractivity contribution is 6.31. The predicted octanol–water partition coefficient (Wildman–Crippen LogP) is 4.02. The van der Waals surface area contributed by atoms with Gasteiger partial charge in [0.2, 0.25) is 0 Å². The SMILES string of the molecule is CCn1nnc2cc(C(=O)OC(C)c3ccccc3Cl)ccc21. The van der Waals surface area contributed by atoms with Crippen molar-refractivity contribution in [1.29, 1.82) is 0 Å². The number of carbonyl (C=O) groups is 1. The van der Waals surface area contributed by atoms with Crippen LogP contribution in [0.15, 0.2) is 42.5 Å². The molecule has 1 unspecified atom stereocenters. The smallest absolute Gasteiger partial charge is 0.338 e. The van der Waals surface area contributed by atoms with E-state index >= 15 is 0 Å². The van der Waals surface area contributed by atoms with E-state index in [1.54, 1.807) is 29.8 Å². The Kier molecular flexibility index (Phi) is 4.30. The lowest BCUT2D eigenvalue weighted by Crippen LogP contribution is -2.09. The number of rotatable bonds is 4. The summed E-state index contributed by atoms with van der Waals surface area (Å²) in [5.74, 6) is -0.412. The highest BCUT2D eigenvalue weighted by Crippen LogP contribution is 2.26. The Labute approximate surface area is 138 Å². The van der Waals surface area contributed by atoms with Crippen molar-refractivity contribution in [2.24, 2.45) is 0 Å². The van der Waals surface area contributed by atoms with Crippen molar-refractivity contribution in [3.05, 3.63) is 58.6 Å². The molecule has 2 aromatic carbocycles. The Morgan fingerprint density at radius 1 is 1.30 bits per heavy atom. The number of carbonyl (C=O) groups excluding carboxylic acids is 1. The van der Waals surface area contributed by atoms with Gasteiger partial charge in [-0.3, -0.25) is 0 Å². The third-order valence-corrected chi connectivity index (χ3v) is 4.02. The van der Waals surface area contributed by atoms with Crippen LogP contribution in [0, 0.1) is 0 Å². The molecule has 0 saturated carbocycles. The molecule has 0 radical (unpaired) electrons. The molecule has 0 spiro atoms. The second-order valence-corrected chi connectivity index (χ2v) is 5.58. The Morgan fingerprint density at radius 3 is 2.83 bits per heavy atom. The summed E-state index contributed by atoms with van der Waals surface area (Å²) < 4.78 is 7.28. The molecule has 118 valence electrons. The van der Waals surface area contributed by atoms with Crippen LogP contribution in [0.4, 0.5) is 0 Å². The highest BCUT2D eigenvalue weighted by Gasteiger charge is 2.17. The van der Waals surface area contributed by atoms with Gasteiger partial charge in [0.15, 0.2) is 0 Å². The average Bonchev–Trinajstić information content (AvgIpc) is 2.97. The van der Waals surface area contributed by atoms with Gasteiger partial charge in [0.05, 0.1) is 11.1 Å². The van der Waals surface area contributed by atoms with Crippen LogP contribution in [0.3, 0.4) is 0 Å². The molecule has 0 bridgehead atoms. The van der Waals surface area contributed by atoms with Crippen molar-refractivity contribution in [2.75, 3.05) is 0 Å². The van der Waals surface area contributed by atoms with Gasteiger partial charge in [0.25, 0.3) is 0 Å². The lowest BCUT2D eigenvalue weighted by atomic mass is 10.1. The monoisotopic (exact) mass is 329 g/mol. The van der Waals surface area contributed by atoms with Crippen LogP contribution in [0.5, 0.6) is 0 Å². The Morgan fingerprint density at radius 2 is 2.09 bits per heavy atom. The minimum Gasteiger partial charge on any atom is -0.454 e. The second-order valence-electron chi connectivity index (χ2n) is 5.18. The maximum absolute atomic E-state index is 12.3. The van der Waals surface area contributed by atoms with Crippen LogP contribution in [0.1, 0.15) is 35.9 Å². The third-order valence-electron chi connectivity index (χ3n) is 3.68. The number of hydrogen-bond acceptors (Lipinski definition) is 4. The Hall–Kier alpha value is -2.40. The number of benzene rings is 2. The second kappa shape index (κ2) is 6.38. The number of aromatic nitrogens is 3. The summed E-state index contributed by atoms with van der Waals surface area (Å²) in [7, 11) is 0. The average molecular weight is 330 g/mol. The minimum atomic E-state index is -0.432. The normalized spacial score (nSPS) is 12.3. The summed E-state index contributed by atoms with van der Waals surface area (Å²) in [5.41, 5.74) is 2.79. The van der Waals surface area contributed by atoms with Crippen LogP contribution >= 0.6 is 11.6 Å². The molecule has 0 fully saturated rings. The molecular weight excluding hydrogens is 314 g/mol. The van der Waals surface area contributed by atoms with Crippen LogP contribution < -0.4 is 0 Å². The molecule has 0 amide bonds. The quantitative estimate of drug-likeness (QED) is 0.678. The molecule has 0 aliphatic heterocycles. The molecule has 6 heteroatoms. The predicted molar refractivity (Wildman–Crippen MR) is 88.5 cm³/mol. The van der Waals surface area contributed by atoms with Gasteiger partial charge in [-0.05, 0) is 38.1 Å². The van der Waals surface area contributed by atoms with Gasteiger partial charge in [-0.1, -0.05) is 35.0 Å². The molecule has 23 heavy (non-hydrogen) atoms. The fourth-order valence-electron chi connectivity index (χ4n) is 2.43. The van der Waals surface area contributed by atoms with E-state index in [4.69, 9.17) is 16.3 Å². The summed E-state index contributed by atoms with van der Waals surface area (Å²) in [6.45, 7) is 4.51. The van der Waals surface area contributed by atoms with Gasteiger partial charge in [-0.25, -0.2) is 9.48 Å². The van der Waals surface area contributed by atoms with E-state index in [1.807, 2.05) is 31.2 Å². The van der Waals surface area contributed by atoms with E-state index in [9.17, 15) is 4.79 Å². The molecule has 1 heterocycles. The summed E-state index contributed by atoms with van der Waals surface area (Å²) in [6.07, 6.45) is -0.432. The van der Waals surface area contributed by atoms with Crippen molar-refractivity contribution in [3.8, 4) is 0 Å². The first-order valence-corrected chi connectivity index (χ1v) is 7.76. The van der Waals surface area contributed by atoms with E-state index in [0.717, 1.165) is 17.6 Å². The topological polar surface area (TPSA) is 57.0 Å². The number of esters is 1. The zero-order valence-electron chi connectivity index (χ0n) is 12.9. The van der Waals surface area contributed by atoms with Gasteiger partial charge in [-0.2, -0.15) is 0 Å². The van der Waals surface area contributed by atoms with Crippen LogP contribution in [-0.2, 0) is 11.3 Å². The van der Waals surface area contributed by atoms with E-state index in [1.165, 1.54) is 0 Å². The molecular formula is C17H16ClN3O2. The van der Waals surface area contributed by atoms with Crippen molar-refractivity contribution in [3.63, 3.8) is 0 Å². The third kappa shape index (κ3) is 3.05. The summed E-state index contributed by atoms with van der Waals surface area (Å²) in [6, 6.07) is 12.6.